The summed E-state index contributed by atoms with van der Waals surface area (Å²) >= 11 is 0. The molecule has 20 heavy (non-hydrogen) atoms. The minimum Gasteiger partial charge on any atom is -0.322 e. The van der Waals surface area contributed by atoms with Gasteiger partial charge in [0, 0.05) is 24.4 Å². The third kappa shape index (κ3) is 2.43. The van der Waals surface area contributed by atoms with Crippen molar-refractivity contribution in [1.82, 2.24) is 25.5 Å². The van der Waals surface area contributed by atoms with Crippen molar-refractivity contribution in [2.75, 3.05) is 18.4 Å². The highest BCUT2D eigenvalue weighted by molar-refractivity contribution is 6.04. The normalized spacial score (nSPS) is 13.8. The molecule has 2 aromatic rings. The summed E-state index contributed by atoms with van der Waals surface area (Å²) in [6.45, 7) is 3.44. The van der Waals surface area contributed by atoms with Gasteiger partial charge in [0.05, 0.1) is 5.69 Å². The third-order valence-corrected chi connectivity index (χ3v) is 3.27. The highest BCUT2D eigenvalue weighted by atomic mass is 16.1. The zero-order valence-electron chi connectivity index (χ0n) is 11.0. The number of benzene rings is 1. The molecular weight excluding hydrogens is 256 g/mol. The van der Waals surface area contributed by atoms with Crippen LogP contribution < -0.4 is 10.6 Å². The minimum atomic E-state index is -0.0737. The van der Waals surface area contributed by atoms with Crippen molar-refractivity contribution >= 4 is 11.6 Å². The number of nitrogens with one attached hydrogen (secondary N) is 2. The van der Waals surface area contributed by atoms with Gasteiger partial charge >= 0.3 is 0 Å². The van der Waals surface area contributed by atoms with E-state index in [1.54, 1.807) is 0 Å². The molecule has 1 amide bonds. The molecule has 0 atom stereocenters. The van der Waals surface area contributed by atoms with Gasteiger partial charge in [-0.05, 0) is 41.1 Å². The first-order chi connectivity index (χ1) is 9.74. The lowest BCUT2D eigenvalue weighted by molar-refractivity contribution is -0.112. The topological polar surface area (TPSA) is 84.7 Å². The number of carbonyl (C=O) groups is 1. The molecule has 7 nitrogen and oxygen atoms in total. The summed E-state index contributed by atoms with van der Waals surface area (Å²) in [5.41, 5.74) is 3.44. The van der Waals surface area contributed by atoms with Gasteiger partial charge in [0.2, 0.25) is 0 Å². The van der Waals surface area contributed by atoms with Crippen LogP contribution in [0.25, 0.3) is 5.69 Å². The van der Waals surface area contributed by atoms with E-state index in [1.165, 1.54) is 11.0 Å². The van der Waals surface area contributed by atoms with E-state index in [9.17, 15) is 4.79 Å². The number of tetrazole rings is 1. The summed E-state index contributed by atoms with van der Waals surface area (Å²) in [6, 6.07) is 7.38. The van der Waals surface area contributed by atoms with E-state index < -0.39 is 0 Å². The van der Waals surface area contributed by atoms with E-state index in [0.29, 0.717) is 0 Å². The summed E-state index contributed by atoms with van der Waals surface area (Å²) in [5, 5.41) is 17.0. The Hall–Kier alpha value is -2.54. The monoisotopic (exact) mass is 270 g/mol. The van der Waals surface area contributed by atoms with Gasteiger partial charge in [-0.25, -0.2) is 4.68 Å². The molecule has 1 saturated heterocycles. The van der Waals surface area contributed by atoms with Crippen LogP contribution in [-0.4, -0.2) is 39.2 Å². The molecule has 2 N–H and O–H groups in total. The minimum absolute atomic E-state index is 0.0737. The average Bonchev–Trinajstić information content (AvgIpc) is 2.90. The highest BCUT2D eigenvalue weighted by Crippen LogP contribution is 2.16. The molecule has 0 bridgehead atoms. The predicted molar refractivity (Wildman–Crippen MR) is 73.4 cm³/mol. The molecule has 1 aliphatic rings. The molecule has 1 fully saturated rings. The fraction of sp³-hybridized carbons (Fsp3) is 0.231. The quantitative estimate of drug-likeness (QED) is 0.794. The molecule has 0 aliphatic carbocycles. The molecule has 0 unspecified atom stereocenters. The molecular formula is C13H14N6O. The summed E-state index contributed by atoms with van der Waals surface area (Å²) in [7, 11) is 0. The largest absolute Gasteiger partial charge is 0.322 e. The van der Waals surface area contributed by atoms with Crippen LogP contribution in [0.3, 0.4) is 0 Å². The highest BCUT2D eigenvalue weighted by Gasteiger charge is 2.16. The number of rotatable bonds is 3. The standard InChI is InChI=1S/C13H14N6O/c1-9(10-6-14-7-10)13(20)16-11-3-2-4-12(5-11)19-8-15-17-18-19/h2-5,8,14H,6-7H2,1H3,(H,16,20). The van der Waals surface area contributed by atoms with E-state index in [4.69, 9.17) is 0 Å². The molecule has 1 aromatic carbocycles. The van der Waals surface area contributed by atoms with E-state index in [1.807, 2.05) is 31.2 Å². The molecule has 1 aliphatic heterocycles. The van der Waals surface area contributed by atoms with Gasteiger partial charge in [-0.2, -0.15) is 0 Å². The zero-order valence-corrected chi connectivity index (χ0v) is 11.0. The van der Waals surface area contributed by atoms with Crippen molar-refractivity contribution in [1.29, 1.82) is 0 Å². The van der Waals surface area contributed by atoms with E-state index in [-0.39, 0.29) is 5.91 Å². The van der Waals surface area contributed by atoms with Crippen LogP contribution in [-0.2, 0) is 4.79 Å². The van der Waals surface area contributed by atoms with E-state index in [0.717, 1.165) is 35.6 Å². The maximum Gasteiger partial charge on any atom is 0.251 e. The van der Waals surface area contributed by atoms with Gasteiger partial charge < -0.3 is 10.6 Å². The molecule has 3 rings (SSSR count). The van der Waals surface area contributed by atoms with Crippen LogP contribution in [0.15, 0.2) is 41.7 Å². The number of amides is 1. The van der Waals surface area contributed by atoms with Crippen molar-refractivity contribution < 1.29 is 4.79 Å². The summed E-state index contributed by atoms with van der Waals surface area (Å²) in [6.07, 6.45) is 1.51. The Morgan fingerprint density at radius 3 is 2.90 bits per heavy atom. The van der Waals surface area contributed by atoms with Crippen LogP contribution in [0.2, 0.25) is 0 Å². The van der Waals surface area contributed by atoms with E-state index in [2.05, 4.69) is 26.2 Å². The van der Waals surface area contributed by atoms with Gasteiger partial charge in [0.1, 0.15) is 6.33 Å². The summed E-state index contributed by atoms with van der Waals surface area (Å²) in [4.78, 5) is 12.1. The Morgan fingerprint density at radius 2 is 2.25 bits per heavy atom. The SMILES string of the molecule is CC(C(=O)Nc1cccc(-n2cnnn2)c1)=C1CNC1. The van der Waals surface area contributed by atoms with Crippen LogP contribution in [0.5, 0.6) is 0 Å². The van der Waals surface area contributed by atoms with Crippen LogP contribution >= 0.6 is 0 Å². The lowest BCUT2D eigenvalue weighted by atomic mass is 10.0. The first kappa shape index (κ1) is 12.5. The third-order valence-electron chi connectivity index (χ3n) is 3.27. The zero-order chi connectivity index (χ0) is 13.9. The molecule has 2 heterocycles. The Labute approximate surface area is 115 Å². The number of nitrogens with zero attached hydrogens (tertiary/aromatic N) is 4. The van der Waals surface area contributed by atoms with Gasteiger partial charge in [-0.15, -0.1) is 5.10 Å². The van der Waals surface area contributed by atoms with E-state index >= 15 is 0 Å². The number of hydrogen-bond acceptors (Lipinski definition) is 5. The smallest absolute Gasteiger partial charge is 0.251 e. The van der Waals surface area contributed by atoms with Gasteiger partial charge in [-0.1, -0.05) is 6.07 Å². The van der Waals surface area contributed by atoms with Crippen molar-refractivity contribution in [3.8, 4) is 5.69 Å². The molecule has 1 aromatic heterocycles. The molecule has 7 heteroatoms. The van der Waals surface area contributed by atoms with Crippen molar-refractivity contribution in [2.45, 2.75) is 6.92 Å². The van der Waals surface area contributed by atoms with Crippen molar-refractivity contribution in [2.24, 2.45) is 0 Å². The fourth-order valence-electron chi connectivity index (χ4n) is 1.91. The van der Waals surface area contributed by atoms with Crippen molar-refractivity contribution in [3.63, 3.8) is 0 Å². The second kappa shape index (κ2) is 5.22. The lowest BCUT2D eigenvalue weighted by Gasteiger charge is -2.21. The Balaban J connectivity index is 1.78. The molecule has 0 saturated carbocycles. The predicted octanol–water partition coefficient (Wildman–Crippen LogP) is 0.520. The second-order valence-electron chi connectivity index (χ2n) is 4.59. The van der Waals surface area contributed by atoms with Crippen LogP contribution in [0.1, 0.15) is 6.92 Å². The maximum absolute atomic E-state index is 12.1. The molecule has 0 spiro atoms. The first-order valence-corrected chi connectivity index (χ1v) is 6.28. The van der Waals surface area contributed by atoms with Gasteiger partial charge in [-0.3, -0.25) is 4.79 Å². The number of carbonyl (C=O) groups excluding carboxylic acids is 1. The maximum atomic E-state index is 12.1. The first-order valence-electron chi connectivity index (χ1n) is 6.28. The van der Waals surface area contributed by atoms with Crippen LogP contribution in [0, 0.1) is 0 Å². The Kier molecular flexibility index (Phi) is 3.26. The molecule has 0 radical (unpaired) electrons. The number of aromatic nitrogens is 4. The fourth-order valence-corrected chi connectivity index (χ4v) is 1.91. The number of hydrogen-bond donors (Lipinski definition) is 2. The van der Waals surface area contributed by atoms with Gasteiger partial charge in [0.15, 0.2) is 0 Å². The average molecular weight is 270 g/mol. The lowest BCUT2D eigenvalue weighted by Crippen LogP contribution is -2.36. The van der Waals surface area contributed by atoms with Crippen molar-refractivity contribution in [3.05, 3.63) is 41.7 Å². The Morgan fingerprint density at radius 1 is 1.40 bits per heavy atom. The number of anilines is 1. The van der Waals surface area contributed by atoms with Gasteiger partial charge in [0.25, 0.3) is 5.91 Å². The molecule has 102 valence electrons. The Bertz CT molecular complexity index is 655. The summed E-state index contributed by atoms with van der Waals surface area (Å²) < 4.78 is 1.54. The van der Waals surface area contributed by atoms with Crippen LogP contribution in [0.4, 0.5) is 5.69 Å². The summed E-state index contributed by atoms with van der Waals surface area (Å²) in [5.74, 6) is -0.0737. The second-order valence-corrected chi connectivity index (χ2v) is 4.59.